The summed E-state index contributed by atoms with van der Waals surface area (Å²) >= 11 is 12.2. The third kappa shape index (κ3) is 5.58. The van der Waals surface area contributed by atoms with E-state index in [0.717, 1.165) is 42.8 Å². The maximum absolute atomic E-state index is 13.4. The normalized spacial score (nSPS) is 25.2. The Morgan fingerprint density at radius 1 is 1.18 bits per heavy atom. The van der Waals surface area contributed by atoms with Gasteiger partial charge >= 0.3 is 5.97 Å². The highest BCUT2D eigenvalue weighted by molar-refractivity contribution is 6.42. The van der Waals surface area contributed by atoms with Gasteiger partial charge in [-0.15, -0.1) is 6.58 Å². The van der Waals surface area contributed by atoms with E-state index in [4.69, 9.17) is 32.7 Å². The van der Waals surface area contributed by atoms with Crippen LogP contribution in [0.3, 0.4) is 0 Å². The molecule has 2 aliphatic rings. The Hall–Kier alpha value is -2.54. The number of fused-ring (bicyclic) bond motifs is 1. The molecule has 1 aliphatic heterocycles. The van der Waals surface area contributed by atoms with Gasteiger partial charge in [-0.1, -0.05) is 47.5 Å². The van der Waals surface area contributed by atoms with Gasteiger partial charge < -0.3 is 14.4 Å². The van der Waals surface area contributed by atoms with Crippen LogP contribution in [0, 0.1) is 0 Å². The van der Waals surface area contributed by atoms with E-state index in [1.807, 2.05) is 36.2 Å². The average Bonchev–Trinajstić information content (AvgIpc) is 2.89. The predicted octanol–water partition coefficient (Wildman–Crippen LogP) is 5.69. The van der Waals surface area contributed by atoms with Crippen molar-refractivity contribution in [1.29, 1.82) is 0 Å². The van der Waals surface area contributed by atoms with E-state index in [2.05, 4.69) is 23.6 Å². The molecule has 0 aromatic heterocycles. The monoisotopic (exact) mass is 558 g/mol. The molecule has 2 fully saturated rings. The molecular formula is C30H36Cl2N2O4. The minimum Gasteiger partial charge on any atom is -0.497 e. The van der Waals surface area contributed by atoms with E-state index < -0.39 is 11.0 Å². The van der Waals surface area contributed by atoms with Crippen molar-refractivity contribution in [2.45, 2.75) is 56.1 Å². The van der Waals surface area contributed by atoms with Crippen molar-refractivity contribution in [1.82, 2.24) is 9.80 Å². The molecule has 6 nitrogen and oxygen atoms in total. The summed E-state index contributed by atoms with van der Waals surface area (Å²) in [5.41, 5.74) is 0.690. The molecule has 0 radical (unpaired) electrons. The molecule has 4 rings (SSSR count). The quantitative estimate of drug-likeness (QED) is 0.308. The second-order valence-electron chi connectivity index (χ2n) is 10.5. The number of hydrogen-bond donors (Lipinski definition) is 0. The summed E-state index contributed by atoms with van der Waals surface area (Å²) < 4.78 is 11.9. The Bertz CT molecular complexity index is 1200. The van der Waals surface area contributed by atoms with Crippen molar-refractivity contribution in [3.8, 4) is 5.75 Å². The third-order valence-corrected chi connectivity index (χ3v) is 9.04. The second-order valence-corrected chi connectivity index (χ2v) is 11.3. The number of esters is 1. The number of halogens is 2. The molecule has 1 aliphatic carbocycles. The van der Waals surface area contributed by atoms with Crippen molar-refractivity contribution in [2.24, 2.45) is 0 Å². The third-order valence-electron chi connectivity index (χ3n) is 8.30. The lowest BCUT2D eigenvalue weighted by Crippen LogP contribution is -2.68. The zero-order valence-corrected chi connectivity index (χ0v) is 23.9. The topological polar surface area (TPSA) is 59.1 Å². The van der Waals surface area contributed by atoms with Gasteiger partial charge in [0.25, 0.3) is 0 Å². The van der Waals surface area contributed by atoms with Crippen LogP contribution in [0.2, 0.25) is 10.0 Å². The first kappa shape index (κ1) is 28.5. The van der Waals surface area contributed by atoms with E-state index in [9.17, 15) is 9.59 Å². The van der Waals surface area contributed by atoms with Gasteiger partial charge in [0, 0.05) is 38.5 Å². The zero-order valence-electron chi connectivity index (χ0n) is 22.3. The van der Waals surface area contributed by atoms with Crippen molar-refractivity contribution in [3.05, 3.63) is 76.3 Å². The van der Waals surface area contributed by atoms with Crippen LogP contribution in [0.15, 0.2) is 55.1 Å². The van der Waals surface area contributed by atoms with E-state index in [1.165, 1.54) is 6.92 Å². The zero-order chi connectivity index (χ0) is 27.5. The summed E-state index contributed by atoms with van der Waals surface area (Å²) in [6.07, 6.45) is 4.96. The molecular weight excluding hydrogens is 523 g/mol. The van der Waals surface area contributed by atoms with Gasteiger partial charge in [0.2, 0.25) is 5.91 Å². The van der Waals surface area contributed by atoms with Crippen LogP contribution in [-0.4, -0.2) is 67.1 Å². The van der Waals surface area contributed by atoms with Crippen molar-refractivity contribution >= 4 is 35.1 Å². The van der Waals surface area contributed by atoms with Crippen LogP contribution in [0.5, 0.6) is 5.75 Å². The first-order valence-corrected chi connectivity index (χ1v) is 13.8. The fraction of sp³-hybridized carbons (Fsp3) is 0.467. The second kappa shape index (κ2) is 11.7. The standard InChI is InChI=1S/C30H36Cl2N2O4/c1-5-14-34-15-13-29(23-7-6-8-25(18-23)37-4)19-24(11-12-30(29,20-34)38-21(2)35)33(3)28(36)17-22-9-10-26(31)27(32)16-22/h5-10,16,18,24H,1,11-15,17,19-20H2,2-4H3. The van der Waals surface area contributed by atoms with Gasteiger partial charge in [-0.05, 0) is 67.6 Å². The Morgan fingerprint density at radius 3 is 2.66 bits per heavy atom. The number of nitrogens with zero attached hydrogens (tertiary/aromatic N) is 2. The first-order valence-electron chi connectivity index (χ1n) is 13.0. The van der Waals surface area contributed by atoms with Crippen LogP contribution in [-0.2, 0) is 26.2 Å². The fourth-order valence-corrected chi connectivity index (χ4v) is 6.72. The molecule has 1 amide bonds. The summed E-state index contributed by atoms with van der Waals surface area (Å²) in [4.78, 5) is 30.1. The van der Waals surface area contributed by atoms with E-state index in [-0.39, 0.29) is 24.3 Å². The van der Waals surface area contributed by atoms with E-state index >= 15 is 0 Å². The lowest BCUT2D eigenvalue weighted by molar-refractivity contribution is -0.189. The van der Waals surface area contributed by atoms with Crippen LogP contribution in [0.4, 0.5) is 0 Å². The van der Waals surface area contributed by atoms with E-state index in [0.29, 0.717) is 29.4 Å². The molecule has 8 heteroatoms. The smallest absolute Gasteiger partial charge is 0.303 e. The summed E-state index contributed by atoms with van der Waals surface area (Å²) in [5.74, 6) is 0.478. The van der Waals surface area contributed by atoms with Crippen molar-refractivity contribution in [3.63, 3.8) is 0 Å². The lowest BCUT2D eigenvalue weighted by atomic mass is 9.55. The molecule has 3 unspecified atom stereocenters. The number of ether oxygens (including phenoxy) is 2. The van der Waals surface area contributed by atoms with Crippen molar-refractivity contribution in [2.75, 3.05) is 33.8 Å². The number of benzene rings is 2. The summed E-state index contributed by atoms with van der Waals surface area (Å²) in [6, 6.07) is 13.3. The van der Waals surface area contributed by atoms with Gasteiger partial charge in [0.15, 0.2) is 0 Å². The summed E-state index contributed by atoms with van der Waals surface area (Å²) in [7, 11) is 3.53. The maximum Gasteiger partial charge on any atom is 0.303 e. The molecule has 204 valence electrons. The summed E-state index contributed by atoms with van der Waals surface area (Å²) in [6.45, 7) is 7.57. The minimum absolute atomic E-state index is 0.0123. The predicted molar refractivity (Wildman–Crippen MR) is 151 cm³/mol. The average molecular weight is 560 g/mol. The number of rotatable bonds is 8. The van der Waals surface area contributed by atoms with Crippen molar-refractivity contribution < 1.29 is 19.1 Å². The Kier molecular flexibility index (Phi) is 8.75. The Morgan fingerprint density at radius 2 is 1.97 bits per heavy atom. The molecule has 0 bridgehead atoms. The van der Waals surface area contributed by atoms with Crippen LogP contribution in [0.25, 0.3) is 0 Å². The number of likely N-dealkylation sites (tertiary alicyclic amines) is 1. The molecule has 1 saturated carbocycles. The number of carbonyl (C=O) groups is 2. The molecule has 0 N–H and O–H groups in total. The van der Waals surface area contributed by atoms with Crippen LogP contribution >= 0.6 is 23.2 Å². The van der Waals surface area contributed by atoms with E-state index in [1.54, 1.807) is 19.2 Å². The highest BCUT2D eigenvalue weighted by atomic mass is 35.5. The highest BCUT2D eigenvalue weighted by Gasteiger charge is 2.61. The molecule has 3 atom stereocenters. The van der Waals surface area contributed by atoms with Gasteiger partial charge in [0.05, 0.1) is 23.6 Å². The summed E-state index contributed by atoms with van der Waals surface area (Å²) in [5, 5.41) is 0.903. The first-order chi connectivity index (χ1) is 18.1. The molecule has 0 spiro atoms. The molecule has 1 saturated heterocycles. The molecule has 38 heavy (non-hydrogen) atoms. The number of methoxy groups -OCH3 is 1. The molecule has 1 heterocycles. The highest BCUT2D eigenvalue weighted by Crippen LogP contribution is 2.54. The largest absolute Gasteiger partial charge is 0.497 e. The van der Waals surface area contributed by atoms with Crippen LogP contribution < -0.4 is 4.74 Å². The maximum atomic E-state index is 13.4. The fourth-order valence-electron chi connectivity index (χ4n) is 6.40. The number of hydrogen-bond acceptors (Lipinski definition) is 5. The number of amides is 1. The number of piperidine rings is 1. The SMILES string of the molecule is C=CCN1CCC2(c3cccc(OC)c3)CC(N(C)C(=O)Cc3ccc(Cl)c(Cl)c3)CCC2(OC(C)=O)C1. The number of carbonyl (C=O) groups excluding carboxylic acids is 2. The molecule has 2 aromatic rings. The minimum atomic E-state index is -0.726. The van der Waals surface area contributed by atoms with Gasteiger partial charge in [-0.3, -0.25) is 14.5 Å². The Labute approximate surface area is 235 Å². The number of likely N-dealkylation sites (N-methyl/N-ethyl adjacent to an activating group) is 1. The molecule has 2 aromatic carbocycles. The van der Waals surface area contributed by atoms with Gasteiger partial charge in [0.1, 0.15) is 11.4 Å². The van der Waals surface area contributed by atoms with Crippen LogP contribution in [0.1, 0.15) is 43.7 Å². The Balaban J connectivity index is 1.69. The van der Waals surface area contributed by atoms with Gasteiger partial charge in [-0.25, -0.2) is 0 Å². The lowest BCUT2D eigenvalue weighted by Gasteiger charge is -2.60. The van der Waals surface area contributed by atoms with Gasteiger partial charge in [-0.2, -0.15) is 0 Å².